The highest BCUT2D eigenvalue weighted by Gasteiger charge is 2.39. The van der Waals surface area contributed by atoms with Crippen LogP contribution < -0.4 is 17.0 Å². The summed E-state index contributed by atoms with van der Waals surface area (Å²) >= 11 is 0. The van der Waals surface area contributed by atoms with Crippen LogP contribution in [0.25, 0.3) is 11.2 Å². The minimum absolute atomic E-state index is 0.0379. The number of nitrogens with zero attached hydrogens (tertiary/aromatic N) is 3. The van der Waals surface area contributed by atoms with Crippen LogP contribution in [0.3, 0.4) is 0 Å². The Kier molecular flexibility index (Phi) is 5.24. The van der Waals surface area contributed by atoms with Gasteiger partial charge in [0.2, 0.25) is 5.95 Å². The molecule has 0 aliphatic carbocycles. The Balaban J connectivity index is 1.73. The van der Waals surface area contributed by atoms with Crippen molar-refractivity contribution in [3.8, 4) is 0 Å². The fourth-order valence-corrected chi connectivity index (χ4v) is 4.16. The molecular formula is C10H16N6O9P2. The molecule has 0 bridgehead atoms. The van der Waals surface area contributed by atoms with E-state index in [9.17, 15) is 18.8 Å². The Morgan fingerprint density at radius 3 is 2.78 bits per heavy atom. The second-order valence-corrected chi connectivity index (χ2v) is 8.47. The van der Waals surface area contributed by atoms with Crippen LogP contribution in [0.2, 0.25) is 0 Å². The van der Waals surface area contributed by atoms with E-state index in [2.05, 4.69) is 23.8 Å². The molecule has 1 saturated heterocycles. The number of rotatable bonds is 6. The molecule has 0 aromatic carbocycles. The summed E-state index contributed by atoms with van der Waals surface area (Å²) < 4.78 is 37.4. The smallest absolute Gasteiger partial charge is 0.369 e. The third-order valence-electron chi connectivity index (χ3n) is 3.66. The molecule has 3 rings (SSSR count). The molecule has 0 spiro atoms. The van der Waals surface area contributed by atoms with Gasteiger partial charge in [-0.2, -0.15) is 9.29 Å². The van der Waals surface area contributed by atoms with E-state index < -0.39 is 46.2 Å². The van der Waals surface area contributed by atoms with Crippen molar-refractivity contribution >= 4 is 32.8 Å². The van der Waals surface area contributed by atoms with E-state index in [1.54, 1.807) is 0 Å². The zero-order valence-corrected chi connectivity index (χ0v) is 15.2. The molecular weight excluding hydrogens is 410 g/mol. The lowest BCUT2D eigenvalue weighted by Crippen LogP contribution is -2.33. The van der Waals surface area contributed by atoms with Gasteiger partial charge in [-0.3, -0.25) is 18.9 Å². The van der Waals surface area contributed by atoms with E-state index in [1.165, 1.54) is 10.9 Å². The van der Waals surface area contributed by atoms with Gasteiger partial charge in [0.15, 0.2) is 11.2 Å². The number of aromatic amines is 1. The summed E-state index contributed by atoms with van der Waals surface area (Å²) in [6, 6.07) is -0.665. The zero-order chi connectivity index (χ0) is 20.0. The molecule has 1 aliphatic rings. The van der Waals surface area contributed by atoms with Crippen LogP contribution in [-0.4, -0.2) is 53.0 Å². The minimum atomic E-state index is -5.23. The molecule has 17 heteroatoms. The molecule has 27 heavy (non-hydrogen) atoms. The van der Waals surface area contributed by atoms with Gasteiger partial charge in [0.1, 0.15) is 6.23 Å². The van der Waals surface area contributed by atoms with Gasteiger partial charge in [-0.15, -0.1) is 0 Å². The number of phosphoric acid groups is 2. The molecule has 150 valence electrons. The Morgan fingerprint density at radius 2 is 2.11 bits per heavy atom. The van der Waals surface area contributed by atoms with Crippen LogP contribution in [0, 0.1) is 0 Å². The highest BCUT2D eigenvalue weighted by Crippen LogP contribution is 2.57. The van der Waals surface area contributed by atoms with E-state index in [0.29, 0.717) is 0 Å². The van der Waals surface area contributed by atoms with Crippen LogP contribution >= 0.6 is 15.6 Å². The van der Waals surface area contributed by atoms with Gasteiger partial charge in [-0.25, -0.2) is 14.1 Å². The van der Waals surface area contributed by atoms with Crippen molar-refractivity contribution in [1.82, 2.24) is 19.5 Å². The topological polar surface area (TPSA) is 238 Å². The standard InChI is InChI=1S/C10H16N6O9P2/c11-4-1-6(16-3-13-7-8(16)14-10(12)15-9(7)17)24-5(4)2-23-27(21,22)25-26(18,19)20/h3-6H,1-2,11H2,(H,21,22)(H2,18,19,20)(H3,12,14,15,17)/t4?,5-,6-/m1/s1. The average molecular weight is 426 g/mol. The number of ether oxygens (including phenoxy) is 1. The van der Waals surface area contributed by atoms with E-state index >= 15 is 0 Å². The number of fused-ring (bicyclic) bond motifs is 1. The van der Waals surface area contributed by atoms with Crippen molar-refractivity contribution < 1.29 is 37.4 Å². The van der Waals surface area contributed by atoms with Gasteiger partial charge in [0.05, 0.1) is 19.0 Å². The lowest BCUT2D eigenvalue weighted by atomic mass is 10.1. The molecule has 8 N–H and O–H groups in total. The Hall–Kier alpha value is -1.67. The number of nitrogen functional groups attached to an aromatic ring is 1. The summed E-state index contributed by atoms with van der Waals surface area (Å²) in [7, 11) is -10.2. The molecule has 2 unspecified atom stereocenters. The normalized spacial score (nSPS) is 25.7. The van der Waals surface area contributed by atoms with Crippen molar-refractivity contribution in [2.24, 2.45) is 5.73 Å². The Bertz CT molecular complexity index is 1000. The van der Waals surface area contributed by atoms with Gasteiger partial charge in [0, 0.05) is 12.5 Å². The van der Waals surface area contributed by atoms with E-state index in [0.717, 1.165) is 0 Å². The summed E-state index contributed by atoms with van der Waals surface area (Å²) in [5, 5.41) is 0. The third kappa shape index (κ3) is 4.60. The monoisotopic (exact) mass is 426 g/mol. The number of anilines is 1. The number of nitrogens with one attached hydrogen (secondary N) is 1. The molecule has 1 fully saturated rings. The summed E-state index contributed by atoms with van der Waals surface area (Å²) in [5.74, 6) is -0.118. The maximum Gasteiger partial charge on any atom is 0.481 e. The van der Waals surface area contributed by atoms with Gasteiger partial charge in [-0.05, 0) is 0 Å². The number of aromatic nitrogens is 4. The fraction of sp³-hybridized carbons (Fsp3) is 0.500. The summed E-state index contributed by atoms with van der Waals surface area (Å²) in [6.45, 7) is -0.575. The van der Waals surface area contributed by atoms with Crippen LogP contribution in [-0.2, 0) is 22.7 Å². The first kappa shape index (κ1) is 20.1. The maximum absolute atomic E-state index is 11.8. The minimum Gasteiger partial charge on any atom is -0.369 e. The SMILES string of the molecule is Nc1nc2c(ncn2[C@H]2CC(N)[C@@H](COP(=O)(O)OP(=O)(O)O)O2)c(=O)[nH]1. The number of hydrogen-bond acceptors (Lipinski definition) is 10. The number of nitrogens with two attached hydrogens (primary N) is 2. The average Bonchev–Trinajstić information content (AvgIpc) is 3.06. The van der Waals surface area contributed by atoms with Crippen LogP contribution in [0.15, 0.2) is 11.1 Å². The van der Waals surface area contributed by atoms with Crippen LogP contribution in [0.1, 0.15) is 12.6 Å². The molecule has 0 amide bonds. The molecule has 4 atom stereocenters. The van der Waals surface area contributed by atoms with Crippen molar-refractivity contribution in [2.45, 2.75) is 24.8 Å². The number of H-pyrrole nitrogens is 1. The molecule has 15 nitrogen and oxygen atoms in total. The number of phosphoric ester groups is 1. The van der Waals surface area contributed by atoms with E-state index in [-0.39, 0.29) is 23.5 Å². The Morgan fingerprint density at radius 1 is 1.41 bits per heavy atom. The van der Waals surface area contributed by atoms with Crippen molar-refractivity contribution in [2.75, 3.05) is 12.3 Å². The second-order valence-electron chi connectivity index (χ2n) is 5.64. The van der Waals surface area contributed by atoms with Crippen LogP contribution in [0.5, 0.6) is 0 Å². The largest absolute Gasteiger partial charge is 0.481 e. The van der Waals surface area contributed by atoms with E-state index in [4.69, 9.17) is 26.0 Å². The number of hydrogen-bond donors (Lipinski definition) is 6. The van der Waals surface area contributed by atoms with Gasteiger partial charge in [-0.1, -0.05) is 0 Å². The zero-order valence-electron chi connectivity index (χ0n) is 13.4. The molecule has 3 heterocycles. The van der Waals surface area contributed by atoms with Crippen molar-refractivity contribution in [3.63, 3.8) is 0 Å². The quantitative estimate of drug-likeness (QED) is 0.290. The first-order valence-electron chi connectivity index (χ1n) is 7.33. The fourth-order valence-electron chi connectivity index (χ4n) is 2.56. The highest BCUT2D eigenvalue weighted by molar-refractivity contribution is 7.60. The Labute approximate surface area is 150 Å². The van der Waals surface area contributed by atoms with Gasteiger partial charge < -0.3 is 30.9 Å². The maximum atomic E-state index is 11.8. The van der Waals surface area contributed by atoms with Crippen molar-refractivity contribution in [1.29, 1.82) is 0 Å². The van der Waals surface area contributed by atoms with Crippen molar-refractivity contribution in [3.05, 3.63) is 16.7 Å². The predicted octanol–water partition coefficient (Wildman–Crippen LogP) is -1.46. The lowest BCUT2D eigenvalue weighted by Gasteiger charge is -2.18. The first-order chi connectivity index (χ1) is 12.5. The second kappa shape index (κ2) is 7.05. The predicted molar refractivity (Wildman–Crippen MR) is 88.0 cm³/mol. The van der Waals surface area contributed by atoms with Gasteiger partial charge >= 0.3 is 15.6 Å². The molecule has 2 aromatic rings. The first-order valence-corrected chi connectivity index (χ1v) is 10.4. The molecule has 2 aromatic heterocycles. The van der Waals surface area contributed by atoms with Gasteiger partial charge in [0.25, 0.3) is 5.56 Å². The summed E-state index contributed by atoms with van der Waals surface area (Å²) in [4.78, 5) is 48.5. The molecule has 0 saturated carbocycles. The summed E-state index contributed by atoms with van der Waals surface area (Å²) in [6.07, 6.45) is -0.121. The number of imidazole rings is 1. The highest BCUT2D eigenvalue weighted by atomic mass is 31.3. The molecule has 1 aliphatic heterocycles. The lowest BCUT2D eigenvalue weighted by molar-refractivity contribution is -0.0230. The van der Waals surface area contributed by atoms with Crippen LogP contribution in [0.4, 0.5) is 5.95 Å². The molecule has 0 radical (unpaired) electrons. The third-order valence-corrected chi connectivity index (χ3v) is 5.81. The van der Waals surface area contributed by atoms with E-state index in [1.807, 2.05) is 0 Å². The summed E-state index contributed by atoms with van der Waals surface area (Å²) in [5.41, 5.74) is 11.1.